The molecule has 1 aliphatic heterocycles. The third kappa shape index (κ3) is 4.25. The molecule has 1 aromatic carbocycles. The van der Waals surface area contributed by atoms with E-state index in [-0.39, 0.29) is 31.0 Å². The molecule has 0 fully saturated rings. The number of benzene rings is 1. The van der Waals surface area contributed by atoms with Gasteiger partial charge in [-0.05, 0) is 19.1 Å². The second-order valence-corrected chi connectivity index (χ2v) is 5.18. The van der Waals surface area contributed by atoms with E-state index in [2.05, 4.69) is 5.32 Å². The van der Waals surface area contributed by atoms with Gasteiger partial charge in [-0.3, -0.25) is 4.79 Å². The maximum absolute atomic E-state index is 11.8. The van der Waals surface area contributed by atoms with Crippen molar-refractivity contribution in [2.24, 2.45) is 5.73 Å². The Kier molecular flexibility index (Phi) is 6.93. The molecule has 22 heavy (non-hydrogen) atoms. The van der Waals surface area contributed by atoms with Gasteiger partial charge >= 0.3 is 0 Å². The van der Waals surface area contributed by atoms with Crippen molar-refractivity contribution in [3.63, 3.8) is 0 Å². The molecular weight excluding hydrogens is 308 g/mol. The van der Waals surface area contributed by atoms with Crippen molar-refractivity contribution in [1.29, 1.82) is 0 Å². The number of hydrogen-bond donors (Lipinski definition) is 2. The molecule has 0 aromatic heterocycles. The number of hydrogen-bond acceptors (Lipinski definition) is 5. The highest BCUT2D eigenvalue weighted by Gasteiger charge is 2.22. The Hall–Kier alpha value is -1.50. The highest BCUT2D eigenvalue weighted by atomic mass is 35.5. The summed E-state index contributed by atoms with van der Waals surface area (Å²) in [7, 11) is 3.12. The number of nitrogens with two attached hydrogens (primary N) is 1. The van der Waals surface area contributed by atoms with E-state index in [1.165, 1.54) is 7.11 Å². The molecule has 0 spiro atoms. The highest BCUT2D eigenvalue weighted by molar-refractivity contribution is 5.85. The predicted octanol–water partition coefficient (Wildman–Crippen LogP) is 1.03. The average molecular weight is 331 g/mol. The monoisotopic (exact) mass is 330 g/mol. The Morgan fingerprint density at radius 3 is 2.86 bits per heavy atom. The first-order chi connectivity index (χ1) is 10.0. The number of ether oxygens (including phenoxy) is 3. The van der Waals surface area contributed by atoms with E-state index >= 15 is 0 Å². The predicted molar refractivity (Wildman–Crippen MR) is 85.7 cm³/mol. The number of carbonyl (C=O) groups is 1. The minimum Gasteiger partial charge on any atom is -0.496 e. The van der Waals surface area contributed by atoms with Gasteiger partial charge in [0.2, 0.25) is 5.91 Å². The lowest BCUT2D eigenvalue weighted by Crippen LogP contribution is -2.43. The van der Waals surface area contributed by atoms with Crippen LogP contribution in [0.25, 0.3) is 0 Å². The summed E-state index contributed by atoms with van der Waals surface area (Å²) in [6.07, 6.45) is 1.04. The van der Waals surface area contributed by atoms with Gasteiger partial charge in [0.25, 0.3) is 0 Å². The Labute approximate surface area is 136 Å². The summed E-state index contributed by atoms with van der Waals surface area (Å²) in [6, 6.07) is 3.21. The minimum absolute atomic E-state index is 0. The molecule has 1 heterocycles. The third-order valence-electron chi connectivity index (χ3n) is 3.44. The number of carbonyl (C=O) groups excluding carboxylic acids is 1. The van der Waals surface area contributed by atoms with Crippen molar-refractivity contribution >= 4 is 18.3 Å². The van der Waals surface area contributed by atoms with E-state index < -0.39 is 6.04 Å². The maximum atomic E-state index is 11.8. The molecule has 1 aliphatic rings. The molecule has 6 nitrogen and oxygen atoms in total. The lowest BCUT2D eigenvalue weighted by atomic mass is 10.1. The van der Waals surface area contributed by atoms with E-state index in [9.17, 15) is 4.79 Å². The first kappa shape index (κ1) is 18.5. The summed E-state index contributed by atoms with van der Waals surface area (Å²) >= 11 is 0. The molecule has 1 amide bonds. The van der Waals surface area contributed by atoms with Crippen molar-refractivity contribution in [1.82, 2.24) is 5.32 Å². The smallest absolute Gasteiger partial charge is 0.239 e. The topological polar surface area (TPSA) is 82.8 Å². The molecule has 124 valence electrons. The van der Waals surface area contributed by atoms with Crippen LogP contribution in [0.4, 0.5) is 0 Å². The quantitative estimate of drug-likeness (QED) is 0.814. The first-order valence-corrected chi connectivity index (χ1v) is 6.93. The summed E-state index contributed by atoms with van der Waals surface area (Å²) < 4.78 is 16.0. The highest BCUT2D eigenvalue weighted by Crippen LogP contribution is 2.34. The zero-order chi connectivity index (χ0) is 15.4. The third-order valence-corrected chi connectivity index (χ3v) is 3.44. The van der Waals surface area contributed by atoms with Gasteiger partial charge in [0.05, 0.1) is 13.7 Å². The van der Waals surface area contributed by atoms with E-state index in [0.29, 0.717) is 6.54 Å². The molecule has 0 saturated carbocycles. The van der Waals surface area contributed by atoms with Crippen LogP contribution in [0.2, 0.25) is 0 Å². The zero-order valence-corrected chi connectivity index (χ0v) is 13.9. The summed E-state index contributed by atoms with van der Waals surface area (Å²) in [6.45, 7) is 2.55. The Balaban J connectivity index is 0.00000242. The van der Waals surface area contributed by atoms with Gasteiger partial charge in [-0.15, -0.1) is 12.4 Å². The van der Waals surface area contributed by atoms with E-state index in [0.717, 1.165) is 29.0 Å². The van der Waals surface area contributed by atoms with Crippen LogP contribution in [0.5, 0.6) is 11.5 Å². The largest absolute Gasteiger partial charge is 0.496 e. The molecule has 7 heteroatoms. The average Bonchev–Trinajstić information content (AvgIpc) is 2.82. The Bertz CT molecular complexity index is 525. The summed E-state index contributed by atoms with van der Waals surface area (Å²) in [5.74, 6) is 1.34. The van der Waals surface area contributed by atoms with Gasteiger partial charge in [-0.2, -0.15) is 0 Å². The van der Waals surface area contributed by atoms with Gasteiger partial charge in [0.1, 0.15) is 23.6 Å². The van der Waals surface area contributed by atoms with Gasteiger partial charge in [0.15, 0.2) is 0 Å². The number of amides is 1. The van der Waals surface area contributed by atoms with Crippen molar-refractivity contribution in [2.45, 2.75) is 32.0 Å². The van der Waals surface area contributed by atoms with Crippen LogP contribution in [0.3, 0.4) is 0 Å². The number of nitrogens with one attached hydrogen (secondary N) is 1. The molecule has 2 rings (SSSR count). The molecule has 0 bridgehead atoms. The fraction of sp³-hybridized carbons (Fsp3) is 0.533. The minimum atomic E-state index is -0.674. The maximum Gasteiger partial charge on any atom is 0.239 e. The molecule has 3 N–H and O–H groups in total. The Morgan fingerprint density at radius 2 is 2.23 bits per heavy atom. The zero-order valence-electron chi connectivity index (χ0n) is 13.0. The number of fused-ring (bicyclic) bond motifs is 1. The van der Waals surface area contributed by atoms with Crippen LogP contribution in [0.15, 0.2) is 12.1 Å². The molecule has 1 aromatic rings. The van der Waals surface area contributed by atoms with Crippen molar-refractivity contribution < 1.29 is 19.0 Å². The number of rotatable bonds is 6. The molecule has 0 saturated heterocycles. The summed E-state index contributed by atoms with van der Waals surface area (Å²) in [4.78, 5) is 11.8. The van der Waals surface area contributed by atoms with Crippen molar-refractivity contribution in [3.8, 4) is 11.5 Å². The Morgan fingerprint density at radius 1 is 1.50 bits per heavy atom. The molecule has 0 radical (unpaired) electrons. The SMILES string of the molecule is COCC(N)C(=O)NCc1cc2c(cc1OC)CC(C)O2.Cl. The van der Waals surface area contributed by atoms with E-state index in [1.807, 2.05) is 19.1 Å². The van der Waals surface area contributed by atoms with Crippen LogP contribution < -0.4 is 20.5 Å². The normalized spacial score (nSPS) is 17.0. The van der Waals surface area contributed by atoms with Crippen LogP contribution in [0.1, 0.15) is 18.1 Å². The molecule has 0 aliphatic carbocycles. The van der Waals surface area contributed by atoms with E-state index in [1.54, 1.807) is 7.11 Å². The second-order valence-electron chi connectivity index (χ2n) is 5.18. The van der Waals surface area contributed by atoms with Gasteiger partial charge < -0.3 is 25.3 Å². The number of methoxy groups -OCH3 is 2. The van der Waals surface area contributed by atoms with Gasteiger partial charge in [-0.1, -0.05) is 0 Å². The van der Waals surface area contributed by atoms with Crippen LogP contribution >= 0.6 is 12.4 Å². The summed E-state index contributed by atoms with van der Waals surface area (Å²) in [5.41, 5.74) is 7.67. The van der Waals surface area contributed by atoms with Crippen LogP contribution in [-0.4, -0.2) is 38.9 Å². The molecule has 2 atom stereocenters. The summed E-state index contributed by atoms with van der Waals surface area (Å²) in [5, 5.41) is 2.78. The fourth-order valence-electron chi connectivity index (χ4n) is 2.38. The van der Waals surface area contributed by atoms with Crippen LogP contribution in [-0.2, 0) is 22.5 Å². The van der Waals surface area contributed by atoms with Crippen LogP contribution in [0, 0.1) is 0 Å². The second kappa shape index (κ2) is 8.22. The first-order valence-electron chi connectivity index (χ1n) is 6.93. The standard InChI is InChI=1S/C15H22N2O4.ClH/c1-9-4-10-5-13(20-3)11(6-14(10)21-9)7-17-15(18)12(16)8-19-2;/h5-6,9,12H,4,7-8,16H2,1-3H3,(H,17,18);1H. The lowest BCUT2D eigenvalue weighted by molar-refractivity contribution is -0.123. The van der Waals surface area contributed by atoms with Crippen molar-refractivity contribution in [3.05, 3.63) is 23.3 Å². The molecular formula is C15H23ClN2O4. The van der Waals surface area contributed by atoms with Crippen molar-refractivity contribution in [2.75, 3.05) is 20.8 Å². The fourth-order valence-corrected chi connectivity index (χ4v) is 2.38. The lowest BCUT2D eigenvalue weighted by Gasteiger charge is -2.14. The van der Waals surface area contributed by atoms with Gasteiger partial charge in [-0.25, -0.2) is 0 Å². The molecule has 2 unspecified atom stereocenters. The number of halogens is 1. The van der Waals surface area contributed by atoms with E-state index in [4.69, 9.17) is 19.9 Å². The van der Waals surface area contributed by atoms with Gasteiger partial charge in [0, 0.05) is 31.2 Å².